The van der Waals surface area contributed by atoms with Crippen molar-refractivity contribution in [1.82, 2.24) is 5.43 Å². The Labute approximate surface area is 76.6 Å². The van der Waals surface area contributed by atoms with E-state index in [2.05, 4.69) is 10.5 Å². The normalized spacial score (nSPS) is 10.6. The molecule has 1 aromatic heterocycles. The first-order valence-corrected chi connectivity index (χ1v) is 4.11. The Morgan fingerprint density at radius 2 is 2.54 bits per heavy atom. The third-order valence-electron chi connectivity index (χ3n) is 1.54. The molecule has 0 atom stereocenters. The number of nitrogens with zero attached hydrogens (tertiary/aromatic N) is 1. The van der Waals surface area contributed by atoms with Gasteiger partial charge in [-0.15, -0.1) is 0 Å². The van der Waals surface area contributed by atoms with Crippen LogP contribution in [0.3, 0.4) is 0 Å². The summed E-state index contributed by atoms with van der Waals surface area (Å²) >= 11 is 0. The zero-order chi connectivity index (χ0) is 9.68. The second kappa shape index (κ2) is 4.45. The van der Waals surface area contributed by atoms with Gasteiger partial charge in [0.25, 0.3) is 5.91 Å². The lowest BCUT2D eigenvalue weighted by molar-refractivity contribution is 0.0953. The van der Waals surface area contributed by atoms with Crippen LogP contribution in [0.5, 0.6) is 0 Å². The van der Waals surface area contributed by atoms with Gasteiger partial charge in [-0.2, -0.15) is 5.10 Å². The van der Waals surface area contributed by atoms with Crippen LogP contribution < -0.4 is 5.43 Å². The molecule has 4 heteroatoms. The molecule has 1 heterocycles. The van der Waals surface area contributed by atoms with E-state index in [9.17, 15) is 4.79 Å². The molecule has 1 rings (SSSR count). The summed E-state index contributed by atoms with van der Waals surface area (Å²) in [5.74, 6) is 0.361. The Morgan fingerprint density at radius 3 is 3.08 bits per heavy atom. The van der Waals surface area contributed by atoms with Crippen molar-refractivity contribution in [3.8, 4) is 0 Å². The van der Waals surface area contributed by atoms with Crippen molar-refractivity contribution in [3.05, 3.63) is 23.7 Å². The largest absolute Gasteiger partial charge is 0.469 e. The van der Waals surface area contributed by atoms with Crippen LogP contribution in [0.15, 0.2) is 21.8 Å². The molecule has 0 bridgehead atoms. The van der Waals surface area contributed by atoms with Gasteiger partial charge < -0.3 is 4.42 Å². The fourth-order valence-electron chi connectivity index (χ4n) is 0.876. The van der Waals surface area contributed by atoms with Crippen LogP contribution in [0.2, 0.25) is 0 Å². The molecule has 70 valence electrons. The van der Waals surface area contributed by atoms with Crippen LogP contribution in [-0.4, -0.2) is 12.1 Å². The van der Waals surface area contributed by atoms with Crippen molar-refractivity contribution >= 4 is 12.1 Å². The minimum atomic E-state index is -0.240. The number of hydrogen-bond acceptors (Lipinski definition) is 3. The zero-order valence-electron chi connectivity index (χ0n) is 7.70. The molecule has 13 heavy (non-hydrogen) atoms. The molecule has 1 N–H and O–H groups in total. The summed E-state index contributed by atoms with van der Waals surface area (Å²) in [6.07, 6.45) is 3.91. The number of furan rings is 1. The number of amides is 1. The quantitative estimate of drug-likeness (QED) is 0.568. The minimum Gasteiger partial charge on any atom is -0.469 e. The maximum absolute atomic E-state index is 11.3. The Hall–Kier alpha value is -1.58. The van der Waals surface area contributed by atoms with Gasteiger partial charge in [-0.3, -0.25) is 4.79 Å². The monoisotopic (exact) mass is 180 g/mol. The maximum Gasteiger partial charge on any atom is 0.274 e. The smallest absolute Gasteiger partial charge is 0.274 e. The number of rotatable bonds is 3. The standard InChI is InChI=1S/C9H12N2O2/c1-3-5-10-11-9(12)8-4-6-13-7(8)2/h4-6H,3H2,1-2H3,(H,11,12). The molecule has 0 saturated carbocycles. The Bertz CT molecular complexity index is 315. The van der Waals surface area contributed by atoms with Gasteiger partial charge in [0.15, 0.2) is 0 Å². The summed E-state index contributed by atoms with van der Waals surface area (Å²) in [4.78, 5) is 11.3. The summed E-state index contributed by atoms with van der Waals surface area (Å²) in [5.41, 5.74) is 2.92. The topological polar surface area (TPSA) is 54.6 Å². The molecular weight excluding hydrogens is 168 g/mol. The van der Waals surface area contributed by atoms with E-state index in [1.807, 2.05) is 6.92 Å². The summed E-state index contributed by atoms with van der Waals surface area (Å²) in [6.45, 7) is 3.68. The van der Waals surface area contributed by atoms with Crippen molar-refractivity contribution in [2.75, 3.05) is 0 Å². The van der Waals surface area contributed by atoms with E-state index in [0.29, 0.717) is 11.3 Å². The maximum atomic E-state index is 11.3. The molecule has 0 aromatic carbocycles. The lowest BCUT2D eigenvalue weighted by Crippen LogP contribution is -2.17. The van der Waals surface area contributed by atoms with Crippen LogP contribution in [0, 0.1) is 6.92 Å². The lowest BCUT2D eigenvalue weighted by Gasteiger charge is -1.95. The van der Waals surface area contributed by atoms with E-state index in [1.165, 1.54) is 6.26 Å². The summed E-state index contributed by atoms with van der Waals surface area (Å²) in [6, 6.07) is 1.62. The van der Waals surface area contributed by atoms with E-state index in [-0.39, 0.29) is 5.91 Å². The van der Waals surface area contributed by atoms with Crippen molar-refractivity contribution in [3.63, 3.8) is 0 Å². The van der Waals surface area contributed by atoms with E-state index < -0.39 is 0 Å². The van der Waals surface area contributed by atoms with Crippen molar-refractivity contribution < 1.29 is 9.21 Å². The number of aryl methyl sites for hydroxylation is 1. The van der Waals surface area contributed by atoms with Crippen LogP contribution in [0.1, 0.15) is 29.5 Å². The highest BCUT2D eigenvalue weighted by molar-refractivity contribution is 5.95. The molecular formula is C9H12N2O2. The molecule has 0 radical (unpaired) electrons. The first kappa shape index (κ1) is 9.51. The van der Waals surface area contributed by atoms with Gasteiger partial charge in [0.1, 0.15) is 5.76 Å². The van der Waals surface area contributed by atoms with Crippen LogP contribution in [-0.2, 0) is 0 Å². The molecule has 0 fully saturated rings. The van der Waals surface area contributed by atoms with Crippen LogP contribution >= 0.6 is 0 Å². The second-order valence-corrected chi connectivity index (χ2v) is 2.55. The molecule has 1 aromatic rings. The number of carbonyl (C=O) groups is 1. The summed E-state index contributed by atoms with van der Waals surface area (Å²) in [5, 5.41) is 3.72. The Morgan fingerprint density at radius 1 is 1.77 bits per heavy atom. The van der Waals surface area contributed by atoms with Gasteiger partial charge >= 0.3 is 0 Å². The highest BCUT2D eigenvalue weighted by Gasteiger charge is 2.09. The van der Waals surface area contributed by atoms with Gasteiger partial charge in [0.05, 0.1) is 11.8 Å². The molecule has 0 spiro atoms. The van der Waals surface area contributed by atoms with Gasteiger partial charge in [0.2, 0.25) is 0 Å². The van der Waals surface area contributed by atoms with Gasteiger partial charge in [0, 0.05) is 6.21 Å². The molecule has 0 saturated heterocycles. The van der Waals surface area contributed by atoms with Gasteiger partial charge in [-0.25, -0.2) is 5.43 Å². The van der Waals surface area contributed by atoms with Crippen LogP contribution in [0.25, 0.3) is 0 Å². The molecule has 0 aliphatic rings. The third kappa shape index (κ3) is 2.43. The predicted molar refractivity (Wildman–Crippen MR) is 49.7 cm³/mol. The fourth-order valence-corrected chi connectivity index (χ4v) is 0.876. The summed E-state index contributed by atoms with van der Waals surface area (Å²) < 4.78 is 4.98. The molecule has 0 aliphatic carbocycles. The number of hydrogen-bond donors (Lipinski definition) is 1. The number of nitrogens with one attached hydrogen (secondary N) is 1. The lowest BCUT2D eigenvalue weighted by atomic mass is 10.2. The third-order valence-corrected chi connectivity index (χ3v) is 1.54. The van der Waals surface area contributed by atoms with Gasteiger partial charge in [-0.1, -0.05) is 6.92 Å². The minimum absolute atomic E-state index is 0.240. The first-order valence-electron chi connectivity index (χ1n) is 4.11. The average molecular weight is 180 g/mol. The van der Waals surface area contributed by atoms with E-state index in [0.717, 1.165) is 6.42 Å². The van der Waals surface area contributed by atoms with E-state index >= 15 is 0 Å². The van der Waals surface area contributed by atoms with Crippen molar-refractivity contribution in [2.24, 2.45) is 5.10 Å². The second-order valence-electron chi connectivity index (χ2n) is 2.55. The fraction of sp³-hybridized carbons (Fsp3) is 0.333. The molecule has 1 amide bonds. The Balaban J connectivity index is 2.59. The van der Waals surface area contributed by atoms with Gasteiger partial charge in [-0.05, 0) is 19.4 Å². The van der Waals surface area contributed by atoms with Crippen LogP contribution in [0.4, 0.5) is 0 Å². The first-order chi connectivity index (χ1) is 6.25. The predicted octanol–water partition coefficient (Wildman–Crippen LogP) is 1.71. The van der Waals surface area contributed by atoms with E-state index in [4.69, 9.17) is 4.42 Å². The molecule has 0 aliphatic heterocycles. The highest BCUT2D eigenvalue weighted by Crippen LogP contribution is 2.07. The SMILES string of the molecule is CCC=NNC(=O)c1ccoc1C. The summed E-state index contributed by atoms with van der Waals surface area (Å²) in [7, 11) is 0. The highest BCUT2D eigenvalue weighted by atomic mass is 16.3. The average Bonchev–Trinajstić information content (AvgIpc) is 2.52. The van der Waals surface area contributed by atoms with E-state index in [1.54, 1.807) is 19.2 Å². The molecule has 0 unspecified atom stereocenters. The number of hydrazone groups is 1. The molecule has 4 nitrogen and oxygen atoms in total. The zero-order valence-corrected chi connectivity index (χ0v) is 7.70. The van der Waals surface area contributed by atoms with Crippen molar-refractivity contribution in [1.29, 1.82) is 0 Å². The van der Waals surface area contributed by atoms with Crippen molar-refractivity contribution in [2.45, 2.75) is 20.3 Å². The number of carbonyl (C=O) groups excluding carboxylic acids is 1. The Kier molecular flexibility index (Phi) is 3.25.